The third-order valence-corrected chi connectivity index (χ3v) is 2.73. The molecule has 0 rings (SSSR count). The molecule has 0 aliphatic carbocycles. The van der Waals surface area contributed by atoms with Gasteiger partial charge in [0.25, 0.3) is 0 Å². The van der Waals surface area contributed by atoms with Crippen LogP contribution in [-0.2, 0) is 4.79 Å². The number of hydrogen-bond donors (Lipinski definition) is 2. The van der Waals surface area contributed by atoms with Crippen molar-refractivity contribution in [1.29, 1.82) is 0 Å². The number of amides is 1. The summed E-state index contributed by atoms with van der Waals surface area (Å²) in [6, 6.07) is 0. The zero-order chi connectivity index (χ0) is 11.4. The molecule has 0 saturated carbocycles. The Morgan fingerprint density at radius 2 is 1.71 bits per heavy atom. The first-order valence-electron chi connectivity index (χ1n) is 5.22. The van der Waals surface area contributed by atoms with E-state index >= 15 is 0 Å². The van der Waals surface area contributed by atoms with E-state index < -0.39 is 0 Å². The summed E-state index contributed by atoms with van der Waals surface area (Å²) in [6.07, 6.45) is 1.98. The monoisotopic (exact) mass is 200 g/mol. The number of hydrogen-bond acceptors (Lipinski definition) is 2. The van der Waals surface area contributed by atoms with Gasteiger partial charge in [0.15, 0.2) is 0 Å². The summed E-state index contributed by atoms with van der Waals surface area (Å²) in [5.41, 5.74) is 5.22. The first-order chi connectivity index (χ1) is 6.25. The smallest absolute Gasteiger partial charge is 0.239 e. The lowest BCUT2D eigenvalue weighted by Crippen LogP contribution is -2.44. The van der Waals surface area contributed by atoms with Crippen LogP contribution in [0.5, 0.6) is 0 Å². The molecule has 0 fully saturated rings. The normalized spacial score (nSPS) is 12.7. The third kappa shape index (κ3) is 4.09. The van der Waals surface area contributed by atoms with Gasteiger partial charge in [-0.3, -0.25) is 10.2 Å². The molecule has 0 unspecified atom stereocenters. The molecule has 0 spiro atoms. The van der Waals surface area contributed by atoms with Crippen LogP contribution in [0.1, 0.15) is 47.5 Å². The van der Waals surface area contributed by atoms with Crippen LogP contribution < -0.4 is 10.9 Å². The van der Waals surface area contributed by atoms with E-state index in [1.807, 2.05) is 13.8 Å². The Morgan fingerprint density at radius 3 is 2.07 bits per heavy atom. The molecule has 0 aliphatic rings. The Bertz CT molecular complexity index is 197. The van der Waals surface area contributed by atoms with Crippen LogP contribution in [0.25, 0.3) is 0 Å². The van der Waals surface area contributed by atoms with Gasteiger partial charge in [-0.25, -0.2) is 5.43 Å². The summed E-state index contributed by atoms with van der Waals surface area (Å²) in [4.78, 5) is 11.7. The molecule has 0 aliphatic heterocycles. The summed E-state index contributed by atoms with van der Waals surface area (Å²) < 4.78 is 0. The maximum atomic E-state index is 11.7. The molecule has 0 bridgehead atoms. The predicted octanol–water partition coefficient (Wildman–Crippen LogP) is 2.09. The van der Waals surface area contributed by atoms with Crippen LogP contribution in [0.2, 0.25) is 0 Å². The van der Waals surface area contributed by atoms with Gasteiger partial charge >= 0.3 is 0 Å². The Kier molecular flexibility index (Phi) is 4.59. The van der Waals surface area contributed by atoms with Crippen LogP contribution >= 0.6 is 0 Å². The van der Waals surface area contributed by atoms with Crippen molar-refractivity contribution in [1.82, 2.24) is 10.9 Å². The molecule has 0 aromatic carbocycles. The Labute approximate surface area is 87.6 Å². The Balaban J connectivity index is 4.40. The van der Waals surface area contributed by atoms with Crippen LogP contribution in [0.3, 0.4) is 0 Å². The van der Waals surface area contributed by atoms with Crippen LogP contribution in [0, 0.1) is 10.8 Å². The molecule has 3 heteroatoms. The van der Waals surface area contributed by atoms with Crippen molar-refractivity contribution in [3.8, 4) is 0 Å². The third-order valence-electron chi connectivity index (χ3n) is 2.73. The molecule has 0 radical (unpaired) electrons. The van der Waals surface area contributed by atoms with Gasteiger partial charge in [-0.15, -0.1) is 0 Å². The van der Waals surface area contributed by atoms with Crippen molar-refractivity contribution in [2.24, 2.45) is 10.8 Å². The van der Waals surface area contributed by atoms with Crippen molar-refractivity contribution >= 4 is 5.91 Å². The highest BCUT2D eigenvalue weighted by atomic mass is 16.2. The van der Waals surface area contributed by atoms with Crippen molar-refractivity contribution in [2.45, 2.75) is 47.5 Å². The second kappa shape index (κ2) is 4.78. The zero-order valence-corrected chi connectivity index (χ0v) is 10.3. The number of carbonyl (C=O) groups excluding carboxylic acids is 1. The maximum Gasteiger partial charge on any atom is 0.239 e. The highest BCUT2D eigenvalue weighted by Gasteiger charge is 2.33. The average Bonchev–Trinajstić information content (AvgIpc) is 2.03. The lowest BCUT2D eigenvalue weighted by atomic mass is 9.73. The summed E-state index contributed by atoms with van der Waals surface area (Å²) >= 11 is 0. The molecule has 0 atom stereocenters. The van der Waals surface area contributed by atoms with E-state index in [0.717, 1.165) is 12.8 Å². The maximum absolute atomic E-state index is 11.7. The van der Waals surface area contributed by atoms with Gasteiger partial charge in [-0.05, 0) is 11.8 Å². The second-order valence-electron chi connectivity index (χ2n) is 5.28. The number of carbonyl (C=O) groups is 1. The molecule has 1 amide bonds. The standard InChI is InChI=1S/C11H24N2O/c1-7-10(2,3)8-11(4,5)9(14)13-12-6/h12H,7-8H2,1-6H3,(H,13,14). The van der Waals surface area contributed by atoms with Gasteiger partial charge in [-0.2, -0.15) is 0 Å². The second-order valence-corrected chi connectivity index (χ2v) is 5.28. The first-order valence-corrected chi connectivity index (χ1v) is 5.22. The number of hydrazine groups is 1. The zero-order valence-electron chi connectivity index (χ0n) is 10.3. The predicted molar refractivity (Wildman–Crippen MR) is 59.7 cm³/mol. The molecule has 0 saturated heterocycles. The minimum Gasteiger partial charge on any atom is -0.291 e. The lowest BCUT2D eigenvalue weighted by Gasteiger charge is -2.33. The molecule has 0 aromatic heterocycles. The summed E-state index contributed by atoms with van der Waals surface area (Å²) in [5, 5.41) is 0. The molecular weight excluding hydrogens is 176 g/mol. The van der Waals surface area contributed by atoms with E-state index in [9.17, 15) is 4.79 Å². The van der Waals surface area contributed by atoms with Gasteiger partial charge in [-0.1, -0.05) is 41.0 Å². The van der Waals surface area contributed by atoms with Crippen molar-refractivity contribution in [3.05, 3.63) is 0 Å². The molecule has 3 nitrogen and oxygen atoms in total. The van der Waals surface area contributed by atoms with E-state index in [1.54, 1.807) is 7.05 Å². The molecule has 84 valence electrons. The van der Waals surface area contributed by atoms with Crippen LogP contribution in [0.15, 0.2) is 0 Å². The van der Waals surface area contributed by atoms with Gasteiger partial charge in [0.05, 0.1) is 0 Å². The Hall–Kier alpha value is -0.570. The highest BCUT2D eigenvalue weighted by Crippen LogP contribution is 2.35. The van der Waals surface area contributed by atoms with E-state index in [4.69, 9.17) is 0 Å². The largest absolute Gasteiger partial charge is 0.291 e. The molecule has 14 heavy (non-hydrogen) atoms. The van der Waals surface area contributed by atoms with E-state index in [2.05, 4.69) is 31.6 Å². The summed E-state index contributed by atoms with van der Waals surface area (Å²) in [5.74, 6) is 0.0570. The summed E-state index contributed by atoms with van der Waals surface area (Å²) in [7, 11) is 1.71. The fraction of sp³-hybridized carbons (Fsp3) is 0.909. The van der Waals surface area contributed by atoms with Crippen molar-refractivity contribution < 1.29 is 4.79 Å². The fourth-order valence-corrected chi connectivity index (χ4v) is 1.68. The lowest BCUT2D eigenvalue weighted by molar-refractivity contribution is -0.131. The minimum absolute atomic E-state index is 0.0570. The van der Waals surface area contributed by atoms with Crippen LogP contribution in [0.4, 0.5) is 0 Å². The summed E-state index contributed by atoms with van der Waals surface area (Å²) in [6.45, 7) is 10.5. The molecule has 0 heterocycles. The van der Waals surface area contributed by atoms with Gasteiger partial charge in [0.1, 0.15) is 0 Å². The molecule has 2 N–H and O–H groups in total. The fourth-order valence-electron chi connectivity index (χ4n) is 1.68. The highest BCUT2D eigenvalue weighted by molar-refractivity contribution is 5.81. The van der Waals surface area contributed by atoms with Crippen molar-refractivity contribution in [2.75, 3.05) is 7.05 Å². The number of nitrogens with one attached hydrogen (secondary N) is 2. The first kappa shape index (κ1) is 13.4. The van der Waals surface area contributed by atoms with E-state index in [-0.39, 0.29) is 16.7 Å². The quantitative estimate of drug-likeness (QED) is 0.667. The minimum atomic E-state index is -0.317. The molecular formula is C11H24N2O. The molecule has 0 aromatic rings. The topological polar surface area (TPSA) is 41.1 Å². The van der Waals surface area contributed by atoms with Crippen LogP contribution in [-0.4, -0.2) is 13.0 Å². The van der Waals surface area contributed by atoms with Gasteiger partial charge in [0, 0.05) is 12.5 Å². The SMILES string of the molecule is CCC(C)(C)CC(C)(C)C(=O)NNC. The van der Waals surface area contributed by atoms with Gasteiger partial charge < -0.3 is 0 Å². The average molecular weight is 200 g/mol. The van der Waals surface area contributed by atoms with Crippen molar-refractivity contribution in [3.63, 3.8) is 0 Å². The van der Waals surface area contributed by atoms with E-state index in [0.29, 0.717) is 0 Å². The van der Waals surface area contributed by atoms with E-state index in [1.165, 1.54) is 0 Å². The van der Waals surface area contributed by atoms with Gasteiger partial charge in [0.2, 0.25) is 5.91 Å². The number of rotatable bonds is 5. The Morgan fingerprint density at radius 1 is 1.21 bits per heavy atom.